The summed E-state index contributed by atoms with van der Waals surface area (Å²) in [5, 5.41) is 0. The Morgan fingerprint density at radius 2 is 2.13 bits per heavy atom. The minimum absolute atomic E-state index is 0.254. The standard InChI is InChI=1S/C11H14O4/c1-3-4-5-8(12)10-9(13)6-7(2)15-11(10)14/h6,10H,3-5H2,1-2H3. The van der Waals surface area contributed by atoms with Crippen LogP contribution in [0.15, 0.2) is 11.8 Å². The molecule has 0 bridgehead atoms. The second-order valence-electron chi connectivity index (χ2n) is 3.58. The van der Waals surface area contributed by atoms with Crippen LogP contribution in [0.1, 0.15) is 33.1 Å². The molecule has 1 unspecified atom stereocenters. The van der Waals surface area contributed by atoms with Crippen molar-refractivity contribution >= 4 is 17.5 Å². The number of cyclic esters (lactones) is 1. The van der Waals surface area contributed by atoms with Gasteiger partial charge in [0.25, 0.3) is 0 Å². The lowest BCUT2D eigenvalue weighted by Gasteiger charge is -2.16. The molecule has 0 saturated heterocycles. The number of carbonyl (C=O) groups excluding carboxylic acids is 3. The molecule has 0 aromatic rings. The number of ketones is 2. The topological polar surface area (TPSA) is 60.4 Å². The Labute approximate surface area is 88.3 Å². The molecule has 0 aromatic carbocycles. The number of Topliss-reactive ketones (excluding diaryl/α,β-unsaturated/α-hetero) is 1. The first-order valence-corrected chi connectivity index (χ1v) is 5.02. The second kappa shape index (κ2) is 4.87. The minimum Gasteiger partial charge on any atom is -0.430 e. The number of esters is 1. The van der Waals surface area contributed by atoms with Gasteiger partial charge in [0.2, 0.25) is 0 Å². The molecule has 1 aliphatic rings. The number of ether oxygens (including phenoxy) is 1. The number of hydrogen-bond acceptors (Lipinski definition) is 4. The molecule has 0 aromatic heterocycles. The lowest BCUT2D eigenvalue weighted by Crippen LogP contribution is -2.35. The van der Waals surface area contributed by atoms with E-state index in [4.69, 9.17) is 4.74 Å². The summed E-state index contributed by atoms with van der Waals surface area (Å²) in [5.74, 6) is -2.49. The maximum atomic E-state index is 11.5. The van der Waals surface area contributed by atoms with Gasteiger partial charge in [-0.25, -0.2) is 0 Å². The van der Waals surface area contributed by atoms with Crippen molar-refractivity contribution in [3.8, 4) is 0 Å². The molecule has 0 saturated carbocycles. The highest BCUT2D eigenvalue weighted by Gasteiger charge is 2.36. The molecule has 1 heterocycles. The molecule has 0 radical (unpaired) electrons. The SMILES string of the molecule is CCCCC(=O)C1C(=O)C=C(C)OC1=O. The van der Waals surface area contributed by atoms with E-state index in [2.05, 4.69) is 0 Å². The predicted octanol–water partition coefficient (Wildman–Crippen LogP) is 1.39. The van der Waals surface area contributed by atoms with E-state index in [0.717, 1.165) is 6.42 Å². The summed E-state index contributed by atoms with van der Waals surface area (Å²) in [5.41, 5.74) is 0. The zero-order chi connectivity index (χ0) is 11.4. The highest BCUT2D eigenvalue weighted by atomic mass is 16.5. The monoisotopic (exact) mass is 210 g/mol. The predicted molar refractivity (Wildman–Crippen MR) is 52.9 cm³/mol. The summed E-state index contributed by atoms with van der Waals surface area (Å²) >= 11 is 0. The lowest BCUT2D eigenvalue weighted by molar-refractivity contribution is -0.152. The quantitative estimate of drug-likeness (QED) is 0.519. The third-order valence-corrected chi connectivity index (χ3v) is 2.23. The summed E-state index contributed by atoms with van der Waals surface area (Å²) in [7, 11) is 0. The molecule has 1 atom stereocenters. The van der Waals surface area contributed by atoms with Crippen LogP contribution in [0, 0.1) is 5.92 Å². The summed E-state index contributed by atoms with van der Waals surface area (Å²) < 4.78 is 4.75. The second-order valence-corrected chi connectivity index (χ2v) is 3.58. The van der Waals surface area contributed by atoms with Crippen molar-refractivity contribution in [3.05, 3.63) is 11.8 Å². The summed E-state index contributed by atoms with van der Waals surface area (Å²) in [6.07, 6.45) is 3.01. The molecular weight excluding hydrogens is 196 g/mol. The van der Waals surface area contributed by atoms with Crippen molar-refractivity contribution in [2.45, 2.75) is 33.1 Å². The smallest absolute Gasteiger partial charge is 0.329 e. The van der Waals surface area contributed by atoms with Crippen LogP contribution in [0.25, 0.3) is 0 Å². The first-order chi connectivity index (χ1) is 7.06. The summed E-state index contributed by atoms with van der Waals surface area (Å²) in [6, 6.07) is 0. The van der Waals surface area contributed by atoms with E-state index in [1.54, 1.807) is 0 Å². The highest BCUT2D eigenvalue weighted by molar-refractivity contribution is 6.21. The normalized spacial score (nSPS) is 20.9. The molecule has 0 N–H and O–H groups in total. The van der Waals surface area contributed by atoms with E-state index in [1.807, 2.05) is 6.92 Å². The van der Waals surface area contributed by atoms with Gasteiger partial charge in [-0.3, -0.25) is 14.4 Å². The van der Waals surface area contributed by atoms with Crippen LogP contribution in [0.4, 0.5) is 0 Å². The fourth-order valence-corrected chi connectivity index (χ4v) is 1.43. The molecule has 0 spiro atoms. The fraction of sp³-hybridized carbons (Fsp3) is 0.545. The Kier molecular flexibility index (Phi) is 3.77. The van der Waals surface area contributed by atoms with Crippen molar-refractivity contribution in [1.29, 1.82) is 0 Å². The Balaban J connectivity index is 2.73. The third-order valence-electron chi connectivity index (χ3n) is 2.23. The van der Waals surface area contributed by atoms with E-state index in [-0.39, 0.29) is 18.0 Å². The van der Waals surface area contributed by atoms with Gasteiger partial charge in [-0.05, 0) is 13.3 Å². The Hall–Kier alpha value is -1.45. The largest absolute Gasteiger partial charge is 0.430 e. The average Bonchev–Trinajstić information content (AvgIpc) is 2.12. The van der Waals surface area contributed by atoms with Crippen LogP contribution in [0.2, 0.25) is 0 Å². The number of unbranched alkanes of at least 4 members (excludes halogenated alkanes) is 1. The van der Waals surface area contributed by atoms with Gasteiger partial charge in [0.1, 0.15) is 5.76 Å². The van der Waals surface area contributed by atoms with E-state index in [9.17, 15) is 14.4 Å². The molecule has 0 amide bonds. The van der Waals surface area contributed by atoms with Gasteiger partial charge in [0.05, 0.1) is 0 Å². The van der Waals surface area contributed by atoms with E-state index in [1.165, 1.54) is 13.0 Å². The van der Waals surface area contributed by atoms with Gasteiger partial charge in [-0.1, -0.05) is 13.3 Å². The molecule has 0 fully saturated rings. The molecule has 4 nitrogen and oxygen atoms in total. The molecule has 1 rings (SSSR count). The van der Waals surface area contributed by atoms with E-state index < -0.39 is 17.7 Å². The van der Waals surface area contributed by atoms with Crippen LogP contribution in [-0.4, -0.2) is 17.5 Å². The number of rotatable bonds is 4. The third kappa shape index (κ3) is 2.75. The molecule has 4 heteroatoms. The minimum atomic E-state index is -1.22. The van der Waals surface area contributed by atoms with Crippen LogP contribution in [0.3, 0.4) is 0 Å². The van der Waals surface area contributed by atoms with Gasteiger partial charge < -0.3 is 4.74 Å². The zero-order valence-electron chi connectivity index (χ0n) is 8.91. The van der Waals surface area contributed by atoms with Gasteiger partial charge >= 0.3 is 5.97 Å². The van der Waals surface area contributed by atoms with Gasteiger partial charge in [-0.15, -0.1) is 0 Å². The van der Waals surface area contributed by atoms with Gasteiger partial charge in [0.15, 0.2) is 17.5 Å². The van der Waals surface area contributed by atoms with E-state index in [0.29, 0.717) is 6.42 Å². The number of hydrogen-bond donors (Lipinski definition) is 0. The van der Waals surface area contributed by atoms with Crippen LogP contribution >= 0.6 is 0 Å². The highest BCUT2D eigenvalue weighted by Crippen LogP contribution is 2.17. The van der Waals surface area contributed by atoms with Crippen molar-refractivity contribution in [3.63, 3.8) is 0 Å². The molecule has 15 heavy (non-hydrogen) atoms. The van der Waals surface area contributed by atoms with Crippen molar-refractivity contribution in [1.82, 2.24) is 0 Å². The van der Waals surface area contributed by atoms with Crippen LogP contribution in [0.5, 0.6) is 0 Å². The zero-order valence-corrected chi connectivity index (χ0v) is 8.91. The van der Waals surface area contributed by atoms with Crippen molar-refractivity contribution in [2.24, 2.45) is 5.92 Å². The molecular formula is C11H14O4. The average molecular weight is 210 g/mol. The number of allylic oxidation sites excluding steroid dienone is 2. The van der Waals surface area contributed by atoms with Gasteiger partial charge in [-0.2, -0.15) is 0 Å². The Morgan fingerprint density at radius 3 is 2.67 bits per heavy atom. The Bertz CT molecular complexity index is 327. The first kappa shape index (κ1) is 11.6. The van der Waals surface area contributed by atoms with Gasteiger partial charge in [0, 0.05) is 12.5 Å². The summed E-state index contributed by atoms with van der Waals surface area (Å²) in [4.78, 5) is 34.3. The number of carbonyl (C=O) groups is 3. The van der Waals surface area contributed by atoms with Crippen LogP contribution < -0.4 is 0 Å². The van der Waals surface area contributed by atoms with Crippen molar-refractivity contribution in [2.75, 3.05) is 0 Å². The maximum Gasteiger partial charge on any atom is 0.329 e. The molecule has 82 valence electrons. The van der Waals surface area contributed by atoms with Crippen molar-refractivity contribution < 1.29 is 19.1 Å². The van der Waals surface area contributed by atoms with E-state index >= 15 is 0 Å². The fourth-order valence-electron chi connectivity index (χ4n) is 1.43. The lowest BCUT2D eigenvalue weighted by atomic mass is 9.93. The maximum absolute atomic E-state index is 11.5. The van der Waals surface area contributed by atoms with Crippen LogP contribution in [-0.2, 0) is 19.1 Å². The molecule has 0 aliphatic carbocycles. The molecule has 1 aliphatic heterocycles. The summed E-state index contributed by atoms with van der Waals surface area (Å²) in [6.45, 7) is 3.46. The Morgan fingerprint density at radius 1 is 1.47 bits per heavy atom. The first-order valence-electron chi connectivity index (χ1n) is 5.02.